The molecule has 0 aromatic carbocycles. The molecule has 3 heteroatoms. The molecule has 0 aromatic heterocycles. The summed E-state index contributed by atoms with van der Waals surface area (Å²) in [6, 6.07) is 0. The second-order valence-corrected chi connectivity index (χ2v) is 2.82. The van der Waals surface area contributed by atoms with E-state index in [-0.39, 0.29) is 12.2 Å². The number of Topliss-reactive ketones (excluding diaryl/α,β-unsaturated/α-hetero) is 1. The van der Waals surface area contributed by atoms with Gasteiger partial charge < -0.3 is 4.74 Å². The Morgan fingerprint density at radius 2 is 2.10 bits per heavy atom. The van der Waals surface area contributed by atoms with Gasteiger partial charge in [0.1, 0.15) is 11.4 Å². The monoisotopic (exact) mass is 143 g/mol. The first-order valence-electron chi connectivity index (χ1n) is 3.02. The zero-order valence-electron chi connectivity index (χ0n) is 6.43. The van der Waals surface area contributed by atoms with E-state index in [4.69, 9.17) is 0 Å². The van der Waals surface area contributed by atoms with E-state index >= 15 is 0 Å². The molecule has 3 nitrogen and oxygen atoms in total. The molecular weight excluding hydrogens is 132 g/mol. The third-order valence-corrected chi connectivity index (χ3v) is 0.993. The molecule has 0 fully saturated rings. The van der Waals surface area contributed by atoms with E-state index in [1.807, 2.05) is 0 Å². The van der Waals surface area contributed by atoms with Gasteiger partial charge in [0.25, 0.3) is 0 Å². The lowest BCUT2D eigenvalue weighted by atomic mass is 10.0. The van der Waals surface area contributed by atoms with Crippen LogP contribution in [0.4, 0.5) is 0 Å². The van der Waals surface area contributed by atoms with Crippen LogP contribution in [0.5, 0.6) is 0 Å². The van der Waals surface area contributed by atoms with Gasteiger partial charge in [-0.25, -0.2) is 4.79 Å². The van der Waals surface area contributed by atoms with Crippen LogP contribution in [-0.2, 0) is 14.3 Å². The molecule has 0 rings (SSSR count). The Morgan fingerprint density at radius 1 is 1.60 bits per heavy atom. The van der Waals surface area contributed by atoms with Crippen LogP contribution in [0.1, 0.15) is 27.2 Å². The number of hydrogen-bond acceptors (Lipinski definition) is 3. The smallest absolute Gasteiger partial charge is 0.418 e. The molecular formula is C7H11O3. The van der Waals surface area contributed by atoms with Gasteiger partial charge in [-0.15, -0.1) is 0 Å². The van der Waals surface area contributed by atoms with Gasteiger partial charge in [-0.1, -0.05) is 0 Å². The van der Waals surface area contributed by atoms with Gasteiger partial charge >= 0.3 is 6.47 Å². The molecule has 0 amide bonds. The Morgan fingerprint density at radius 3 is 2.40 bits per heavy atom. The quantitative estimate of drug-likeness (QED) is 0.585. The molecule has 0 bridgehead atoms. The van der Waals surface area contributed by atoms with Crippen molar-refractivity contribution < 1.29 is 14.3 Å². The van der Waals surface area contributed by atoms with Crippen molar-refractivity contribution in [1.29, 1.82) is 0 Å². The summed E-state index contributed by atoms with van der Waals surface area (Å²) in [5, 5.41) is 0. The van der Waals surface area contributed by atoms with Crippen molar-refractivity contribution in [3.63, 3.8) is 0 Å². The van der Waals surface area contributed by atoms with Crippen LogP contribution in [0.15, 0.2) is 0 Å². The number of ether oxygens (including phenoxy) is 1. The van der Waals surface area contributed by atoms with Crippen molar-refractivity contribution in [3.05, 3.63) is 0 Å². The van der Waals surface area contributed by atoms with Gasteiger partial charge in [-0.05, 0) is 20.8 Å². The number of hydrogen-bond donors (Lipinski definition) is 0. The van der Waals surface area contributed by atoms with Crippen molar-refractivity contribution >= 4 is 12.3 Å². The Labute approximate surface area is 60.4 Å². The first kappa shape index (κ1) is 9.14. The molecule has 1 radical (unpaired) electrons. The number of carbonyl (C=O) groups is 1. The molecule has 0 atom stereocenters. The predicted octanol–water partition coefficient (Wildman–Crippen LogP) is 0.828. The lowest BCUT2D eigenvalue weighted by Gasteiger charge is -2.19. The second kappa shape index (κ2) is 3.34. The fourth-order valence-corrected chi connectivity index (χ4v) is 0.748. The van der Waals surface area contributed by atoms with Crippen LogP contribution in [0.25, 0.3) is 0 Å². The number of carbonyl (C=O) groups excluding carboxylic acids is 2. The lowest BCUT2D eigenvalue weighted by molar-refractivity contribution is -0.120. The molecule has 0 aliphatic heterocycles. The molecule has 57 valence electrons. The first-order valence-corrected chi connectivity index (χ1v) is 3.02. The van der Waals surface area contributed by atoms with Crippen LogP contribution in [-0.4, -0.2) is 17.9 Å². The van der Waals surface area contributed by atoms with Crippen LogP contribution < -0.4 is 0 Å². The van der Waals surface area contributed by atoms with E-state index in [9.17, 15) is 9.59 Å². The topological polar surface area (TPSA) is 43.4 Å². The van der Waals surface area contributed by atoms with Crippen LogP contribution in [0.2, 0.25) is 0 Å². The normalized spacial score (nSPS) is 10.7. The summed E-state index contributed by atoms with van der Waals surface area (Å²) < 4.78 is 4.51. The molecule has 0 saturated carbocycles. The van der Waals surface area contributed by atoms with E-state index < -0.39 is 5.60 Å². The van der Waals surface area contributed by atoms with E-state index in [0.717, 1.165) is 0 Å². The van der Waals surface area contributed by atoms with Crippen LogP contribution >= 0.6 is 0 Å². The minimum Gasteiger partial charge on any atom is -0.451 e. The van der Waals surface area contributed by atoms with Gasteiger partial charge in [0.15, 0.2) is 0 Å². The molecule has 0 aromatic rings. The van der Waals surface area contributed by atoms with E-state index in [0.29, 0.717) is 0 Å². The summed E-state index contributed by atoms with van der Waals surface area (Å²) in [6.45, 7) is 6.10. The zero-order valence-corrected chi connectivity index (χ0v) is 6.43. The predicted molar refractivity (Wildman–Crippen MR) is 36.2 cm³/mol. The summed E-state index contributed by atoms with van der Waals surface area (Å²) in [7, 11) is 0. The summed E-state index contributed by atoms with van der Waals surface area (Å²) in [4.78, 5) is 20.3. The highest BCUT2D eigenvalue weighted by Crippen LogP contribution is 2.12. The first-order chi connectivity index (χ1) is 4.48. The summed E-state index contributed by atoms with van der Waals surface area (Å²) >= 11 is 0. The summed E-state index contributed by atoms with van der Waals surface area (Å²) in [6.07, 6.45) is 0.238. The summed E-state index contributed by atoms with van der Waals surface area (Å²) in [5.41, 5.74) is -0.701. The standard InChI is InChI=1S/C7H11O3/c1-6(9)4-7(2,3)10-5-8/h4H2,1-3H3. The van der Waals surface area contributed by atoms with Crippen molar-refractivity contribution in [2.45, 2.75) is 32.8 Å². The summed E-state index contributed by atoms with van der Waals surface area (Å²) in [5.74, 6) is 0.000231. The number of ketones is 1. The van der Waals surface area contributed by atoms with E-state index in [1.54, 1.807) is 13.8 Å². The van der Waals surface area contributed by atoms with Gasteiger partial charge in [0, 0.05) is 6.42 Å². The third-order valence-electron chi connectivity index (χ3n) is 0.993. The SMILES string of the molecule is CC(=O)CC(C)(C)O[C]=O. The van der Waals surface area contributed by atoms with Gasteiger partial charge in [-0.2, -0.15) is 0 Å². The highest BCUT2D eigenvalue weighted by Gasteiger charge is 2.20. The molecule has 0 spiro atoms. The van der Waals surface area contributed by atoms with E-state index in [1.165, 1.54) is 13.4 Å². The highest BCUT2D eigenvalue weighted by molar-refractivity contribution is 5.76. The van der Waals surface area contributed by atoms with Gasteiger partial charge in [0.05, 0.1) is 0 Å². The maximum Gasteiger partial charge on any atom is 0.418 e. The zero-order chi connectivity index (χ0) is 8.20. The Hall–Kier alpha value is -0.860. The molecule has 0 aliphatic carbocycles. The molecule has 10 heavy (non-hydrogen) atoms. The average Bonchev–Trinajstić information content (AvgIpc) is 1.59. The minimum absolute atomic E-state index is 0.000231. The van der Waals surface area contributed by atoms with Crippen molar-refractivity contribution in [1.82, 2.24) is 0 Å². The Bertz CT molecular complexity index is 138. The maximum absolute atomic E-state index is 10.5. The minimum atomic E-state index is -0.701. The molecule has 0 aliphatic rings. The third kappa shape index (κ3) is 4.06. The van der Waals surface area contributed by atoms with Crippen LogP contribution in [0.3, 0.4) is 0 Å². The largest absolute Gasteiger partial charge is 0.451 e. The molecule has 0 unspecified atom stereocenters. The highest BCUT2D eigenvalue weighted by atomic mass is 16.5. The second-order valence-electron chi connectivity index (χ2n) is 2.82. The lowest BCUT2D eigenvalue weighted by Crippen LogP contribution is -2.26. The molecule has 0 N–H and O–H groups in total. The van der Waals surface area contributed by atoms with Gasteiger partial charge in [0.2, 0.25) is 0 Å². The Kier molecular flexibility index (Phi) is 3.06. The van der Waals surface area contributed by atoms with Crippen LogP contribution in [0, 0.1) is 0 Å². The fourth-order valence-electron chi connectivity index (χ4n) is 0.748. The molecule has 0 heterocycles. The molecule has 0 saturated heterocycles. The van der Waals surface area contributed by atoms with E-state index in [2.05, 4.69) is 4.74 Å². The van der Waals surface area contributed by atoms with Crippen molar-refractivity contribution in [3.8, 4) is 0 Å². The number of rotatable bonds is 4. The van der Waals surface area contributed by atoms with Crippen molar-refractivity contribution in [2.24, 2.45) is 0 Å². The maximum atomic E-state index is 10.5. The van der Waals surface area contributed by atoms with Crippen molar-refractivity contribution in [2.75, 3.05) is 0 Å². The Balaban J connectivity index is 3.85. The van der Waals surface area contributed by atoms with Gasteiger partial charge in [-0.3, -0.25) is 4.79 Å². The fraction of sp³-hybridized carbons (Fsp3) is 0.714. The average molecular weight is 143 g/mol.